The number of benzene rings is 1. The molecule has 0 fully saturated rings. The van der Waals surface area contributed by atoms with Crippen molar-refractivity contribution in [2.45, 2.75) is 6.54 Å². The van der Waals surface area contributed by atoms with Crippen LogP contribution in [-0.4, -0.2) is 22.2 Å². The molecule has 19 heavy (non-hydrogen) atoms. The molecule has 2 rings (SSSR count). The first-order valence-corrected chi connectivity index (χ1v) is 6.47. The molecule has 0 aliphatic rings. The average molecular weight is 324 g/mol. The van der Waals surface area contributed by atoms with Crippen LogP contribution in [0.1, 0.15) is 10.4 Å². The van der Waals surface area contributed by atoms with Crippen LogP contribution in [0.3, 0.4) is 0 Å². The number of aromatic nitrogens is 2. The number of primary amides is 1. The highest BCUT2D eigenvalue weighted by molar-refractivity contribution is 9.10. The third-order valence-corrected chi connectivity index (χ3v) is 3.21. The van der Waals surface area contributed by atoms with E-state index >= 15 is 0 Å². The van der Waals surface area contributed by atoms with Crippen LogP contribution in [0, 0.1) is 0 Å². The van der Waals surface area contributed by atoms with Crippen molar-refractivity contribution in [3.63, 3.8) is 0 Å². The van der Waals surface area contributed by atoms with Crippen molar-refractivity contribution in [1.82, 2.24) is 9.78 Å². The van der Waals surface area contributed by atoms with Crippen LogP contribution >= 0.6 is 15.9 Å². The summed E-state index contributed by atoms with van der Waals surface area (Å²) < 4.78 is 2.43. The summed E-state index contributed by atoms with van der Waals surface area (Å²) in [5.74, 6) is -0.453. The Kier molecular flexibility index (Phi) is 4.06. The van der Waals surface area contributed by atoms with Crippen LogP contribution in [0.4, 0.5) is 11.4 Å². The second kappa shape index (κ2) is 5.75. The van der Waals surface area contributed by atoms with Gasteiger partial charge in [-0.25, -0.2) is 0 Å². The normalized spacial score (nSPS) is 10.4. The molecule has 0 aliphatic carbocycles. The van der Waals surface area contributed by atoms with E-state index in [4.69, 9.17) is 11.5 Å². The average Bonchev–Trinajstić information content (AvgIpc) is 2.75. The SMILES string of the molecule is NC(=O)c1ccc(NCCn2cc(N)cn2)cc1Br. The number of hydrogen-bond acceptors (Lipinski definition) is 4. The number of amides is 1. The van der Waals surface area contributed by atoms with Gasteiger partial charge in [0, 0.05) is 22.9 Å². The van der Waals surface area contributed by atoms with Gasteiger partial charge in [-0.05, 0) is 34.1 Å². The van der Waals surface area contributed by atoms with Crippen LogP contribution in [0.5, 0.6) is 0 Å². The molecule has 5 N–H and O–H groups in total. The molecule has 0 saturated carbocycles. The summed E-state index contributed by atoms with van der Waals surface area (Å²) in [5.41, 5.74) is 12.8. The fourth-order valence-electron chi connectivity index (χ4n) is 1.64. The fraction of sp³-hybridized carbons (Fsp3) is 0.167. The predicted molar refractivity (Wildman–Crippen MR) is 77.8 cm³/mol. The van der Waals surface area contributed by atoms with Gasteiger partial charge in [-0.2, -0.15) is 5.10 Å². The van der Waals surface area contributed by atoms with Crippen molar-refractivity contribution in [1.29, 1.82) is 0 Å². The molecule has 1 aromatic carbocycles. The van der Waals surface area contributed by atoms with Gasteiger partial charge in [-0.15, -0.1) is 0 Å². The van der Waals surface area contributed by atoms with Crippen LogP contribution in [-0.2, 0) is 6.54 Å². The Morgan fingerprint density at radius 2 is 2.26 bits per heavy atom. The third kappa shape index (κ3) is 3.47. The Balaban J connectivity index is 1.93. The Labute approximate surface area is 118 Å². The van der Waals surface area contributed by atoms with E-state index in [2.05, 4.69) is 26.3 Å². The van der Waals surface area contributed by atoms with E-state index in [9.17, 15) is 4.79 Å². The first kappa shape index (κ1) is 13.4. The lowest BCUT2D eigenvalue weighted by Gasteiger charge is -2.08. The highest BCUT2D eigenvalue weighted by Crippen LogP contribution is 2.21. The zero-order valence-corrected chi connectivity index (χ0v) is 11.7. The van der Waals surface area contributed by atoms with E-state index in [1.165, 1.54) is 0 Å². The summed E-state index contributed by atoms with van der Waals surface area (Å²) in [6.07, 6.45) is 3.38. The quantitative estimate of drug-likeness (QED) is 0.775. The second-order valence-electron chi connectivity index (χ2n) is 4.02. The summed E-state index contributed by atoms with van der Waals surface area (Å²) in [7, 11) is 0. The Morgan fingerprint density at radius 3 is 2.84 bits per heavy atom. The number of carbonyl (C=O) groups is 1. The first-order chi connectivity index (χ1) is 9.06. The van der Waals surface area contributed by atoms with Crippen molar-refractivity contribution >= 4 is 33.2 Å². The number of halogens is 1. The number of nitrogens with two attached hydrogens (primary N) is 2. The smallest absolute Gasteiger partial charge is 0.249 e. The largest absolute Gasteiger partial charge is 0.396 e. The van der Waals surface area contributed by atoms with Gasteiger partial charge in [0.05, 0.1) is 24.0 Å². The van der Waals surface area contributed by atoms with E-state index in [0.717, 1.165) is 5.69 Å². The summed E-state index contributed by atoms with van der Waals surface area (Å²) in [4.78, 5) is 11.1. The second-order valence-corrected chi connectivity index (χ2v) is 4.88. The molecule has 0 spiro atoms. The monoisotopic (exact) mass is 323 g/mol. The summed E-state index contributed by atoms with van der Waals surface area (Å²) in [6.45, 7) is 1.40. The molecule has 6 nitrogen and oxygen atoms in total. The molecule has 0 radical (unpaired) electrons. The summed E-state index contributed by atoms with van der Waals surface area (Å²) in [6, 6.07) is 5.31. The molecule has 1 amide bonds. The lowest BCUT2D eigenvalue weighted by atomic mass is 10.2. The molecule has 1 heterocycles. The highest BCUT2D eigenvalue weighted by atomic mass is 79.9. The van der Waals surface area contributed by atoms with Crippen LogP contribution in [0.25, 0.3) is 0 Å². The van der Waals surface area contributed by atoms with Gasteiger partial charge in [-0.1, -0.05) is 0 Å². The molecule has 100 valence electrons. The fourth-order valence-corrected chi connectivity index (χ4v) is 2.22. The van der Waals surface area contributed by atoms with Gasteiger partial charge in [-0.3, -0.25) is 9.48 Å². The minimum atomic E-state index is -0.453. The minimum Gasteiger partial charge on any atom is -0.396 e. The molecule has 2 aromatic rings. The van der Waals surface area contributed by atoms with Crippen molar-refractivity contribution in [3.05, 3.63) is 40.6 Å². The van der Waals surface area contributed by atoms with Crippen LogP contribution in [0.2, 0.25) is 0 Å². The number of nitrogens with one attached hydrogen (secondary N) is 1. The standard InChI is InChI=1S/C12H14BrN5O/c13-11-5-9(1-2-10(11)12(15)19)16-3-4-18-7-8(14)6-17-18/h1-2,5-7,16H,3-4,14H2,(H2,15,19). The van der Waals surface area contributed by atoms with E-state index in [1.807, 2.05) is 12.1 Å². The Morgan fingerprint density at radius 1 is 1.47 bits per heavy atom. The molecule has 1 aromatic heterocycles. The van der Waals surface area contributed by atoms with Crippen molar-refractivity contribution in [2.75, 3.05) is 17.6 Å². The molecular weight excluding hydrogens is 310 g/mol. The molecule has 0 bridgehead atoms. The van der Waals surface area contributed by atoms with E-state index in [-0.39, 0.29) is 0 Å². The van der Waals surface area contributed by atoms with Gasteiger partial charge < -0.3 is 16.8 Å². The number of anilines is 2. The van der Waals surface area contributed by atoms with Gasteiger partial charge >= 0.3 is 0 Å². The zero-order chi connectivity index (χ0) is 13.8. The maximum atomic E-state index is 11.1. The maximum Gasteiger partial charge on any atom is 0.249 e. The van der Waals surface area contributed by atoms with E-state index in [0.29, 0.717) is 28.8 Å². The van der Waals surface area contributed by atoms with Crippen LogP contribution in [0.15, 0.2) is 35.1 Å². The number of nitrogens with zero attached hydrogens (tertiary/aromatic N) is 2. The Hall–Kier alpha value is -2.02. The van der Waals surface area contributed by atoms with Crippen molar-refractivity contribution < 1.29 is 4.79 Å². The highest BCUT2D eigenvalue weighted by Gasteiger charge is 2.06. The molecule has 0 saturated heterocycles. The Bertz CT molecular complexity index is 596. The minimum absolute atomic E-state index is 0.453. The van der Waals surface area contributed by atoms with Gasteiger partial charge in [0.15, 0.2) is 0 Å². The first-order valence-electron chi connectivity index (χ1n) is 5.67. The van der Waals surface area contributed by atoms with Crippen molar-refractivity contribution in [3.8, 4) is 0 Å². The molecule has 0 unspecified atom stereocenters. The number of hydrogen-bond donors (Lipinski definition) is 3. The molecule has 0 atom stereocenters. The van der Waals surface area contributed by atoms with E-state index in [1.54, 1.807) is 23.1 Å². The third-order valence-electron chi connectivity index (χ3n) is 2.56. The van der Waals surface area contributed by atoms with E-state index < -0.39 is 5.91 Å². The molecular formula is C12H14BrN5O. The number of carbonyl (C=O) groups excluding carboxylic acids is 1. The lowest BCUT2D eigenvalue weighted by Crippen LogP contribution is -2.13. The number of rotatable bonds is 5. The van der Waals surface area contributed by atoms with Gasteiger partial charge in [0.25, 0.3) is 0 Å². The lowest BCUT2D eigenvalue weighted by molar-refractivity contribution is 0.0999. The van der Waals surface area contributed by atoms with Gasteiger partial charge in [0.1, 0.15) is 0 Å². The van der Waals surface area contributed by atoms with Gasteiger partial charge in [0.2, 0.25) is 5.91 Å². The topological polar surface area (TPSA) is 99.0 Å². The zero-order valence-electron chi connectivity index (χ0n) is 10.1. The molecule has 0 aliphatic heterocycles. The molecule has 7 heteroatoms. The van der Waals surface area contributed by atoms with Crippen molar-refractivity contribution in [2.24, 2.45) is 5.73 Å². The number of nitrogen functional groups attached to an aromatic ring is 1. The predicted octanol–water partition coefficient (Wildman–Crippen LogP) is 1.44. The van der Waals surface area contributed by atoms with Crippen LogP contribution < -0.4 is 16.8 Å². The summed E-state index contributed by atoms with van der Waals surface area (Å²) in [5, 5.41) is 7.31. The maximum absolute atomic E-state index is 11.1. The summed E-state index contributed by atoms with van der Waals surface area (Å²) >= 11 is 3.31.